The Balaban J connectivity index is 4.60. The van der Waals surface area contributed by atoms with Crippen molar-refractivity contribution in [3.8, 4) is 0 Å². The summed E-state index contributed by atoms with van der Waals surface area (Å²) in [6.45, 7) is 6.24. The summed E-state index contributed by atoms with van der Waals surface area (Å²) in [4.78, 5) is 38.1. The summed E-state index contributed by atoms with van der Waals surface area (Å²) in [7, 11) is 0. The van der Waals surface area contributed by atoms with Gasteiger partial charge in [0.1, 0.15) is 13.2 Å². The van der Waals surface area contributed by atoms with Gasteiger partial charge >= 0.3 is 17.9 Å². The van der Waals surface area contributed by atoms with Crippen molar-refractivity contribution in [2.45, 2.75) is 200 Å². The van der Waals surface area contributed by atoms with Gasteiger partial charge in [-0.2, -0.15) is 0 Å². The van der Waals surface area contributed by atoms with E-state index in [9.17, 15) is 14.4 Å². The van der Waals surface area contributed by atoms with Gasteiger partial charge in [0.2, 0.25) is 0 Å². The van der Waals surface area contributed by atoms with E-state index < -0.39 is 6.10 Å². The van der Waals surface area contributed by atoms with Crippen molar-refractivity contribution < 1.29 is 28.6 Å². The number of hydrogen-bond donors (Lipinski definition) is 0. The van der Waals surface area contributed by atoms with E-state index >= 15 is 0 Å². The SMILES string of the molecule is CC/C=C/C=C/C=C/C=C/C=C/C=C/C=C/CCCCCC(=O)OCC(COC(=O)CCCCCCC/C=C/C=C/C=C/CC)OC(=O)CCCCCCC/C=C/C=C/C=C/CCCCCCC. The first kappa shape index (κ1) is 63.0. The molecule has 0 spiro atoms. The maximum atomic E-state index is 12.8. The summed E-state index contributed by atoms with van der Waals surface area (Å²) in [6, 6.07) is 0. The molecule has 0 aromatic carbocycles. The fraction of sp³-hybridized carbons (Fsp3) is 0.532. The minimum Gasteiger partial charge on any atom is -0.462 e. The Morgan fingerprint density at radius 3 is 0.912 bits per heavy atom. The van der Waals surface area contributed by atoms with Gasteiger partial charge in [-0.1, -0.05) is 249 Å². The number of carbonyl (C=O) groups is 3. The summed E-state index contributed by atoms with van der Waals surface area (Å²) < 4.78 is 16.7. The summed E-state index contributed by atoms with van der Waals surface area (Å²) in [5.41, 5.74) is 0. The van der Waals surface area contributed by atoms with Crippen molar-refractivity contribution in [2.75, 3.05) is 13.2 Å². The van der Waals surface area contributed by atoms with Crippen LogP contribution in [0, 0.1) is 0 Å². The lowest BCUT2D eigenvalue weighted by Crippen LogP contribution is -2.30. The molecule has 0 saturated carbocycles. The average Bonchev–Trinajstić information content (AvgIpc) is 3.34. The molecule has 0 amide bonds. The molecule has 1 atom stereocenters. The molecule has 0 aliphatic rings. The van der Waals surface area contributed by atoms with Gasteiger partial charge in [-0.15, -0.1) is 0 Å². The lowest BCUT2D eigenvalue weighted by Gasteiger charge is -2.18. The molecule has 6 heteroatoms. The van der Waals surface area contributed by atoms with Crippen LogP contribution in [0.1, 0.15) is 194 Å². The van der Waals surface area contributed by atoms with Crippen molar-refractivity contribution in [3.05, 3.63) is 158 Å². The second kappa shape index (κ2) is 54.6. The van der Waals surface area contributed by atoms with Crippen molar-refractivity contribution in [2.24, 2.45) is 0 Å². The van der Waals surface area contributed by atoms with Crippen LogP contribution in [0.5, 0.6) is 0 Å². The van der Waals surface area contributed by atoms with E-state index in [0.717, 1.165) is 116 Å². The van der Waals surface area contributed by atoms with E-state index in [1.807, 2.05) is 79.0 Å². The van der Waals surface area contributed by atoms with Gasteiger partial charge in [0.15, 0.2) is 6.10 Å². The molecule has 0 aliphatic heterocycles. The Bertz CT molecular complexity index is 1590. The maximum Gasteiger partial charge on any atom is 0.306 e. The Hall–Kier alpha value is -4.97. The third-order valence-corrected chi connectivity index (χ3v) is 10.6. The minimum atomic E-state index is -0.825. The van der Waals surface area contributed by atoms with Gasteiger partial charge in [-0.05, 0) is 83.5 Å². The van der Waals surface area contributed by atoms with Crippen LogP contribution in [0.4, 0.5) is 0 Å². The first-order chi connectivity index (χ1) is 33.5. The Kier molecular flexibility index (Phi) is 50.6. The first-order valence-corrected chi connectivity index (χ1v) is 26.7. The van der Waals surface area contributed by atoms with E-state index in [4.69, 9.17) is 14.2 Å². The fourth-order valence-electron chi connectivity index (χ4n) is 6.60. The third-order valence-electron chi connectivity index (χ3n) is 10.6. The van der Waals surface area contributed by atoms with Gasteiger partial charge in [0, 0.05) is 19.3 Å². The molecular formula is C62H94O6. The number of unbranched alkanes of at least 4 members (excludes halogenated alkanes) is 18. The van der Waals surface area contributed by atoms with Crippen LogP contribution < -0.4 is 0 Å². The zero-order chi connectivity index (χ0) is 49.3. The first-order valence-electron chi connectivity index (χ1n) is 26.7. The molecule has 378 valence electrons. The summed E-state index contributed by atoms with van der Waals surface area (Å²) in [6.07, 6.45) is 79.3. The van der Waals surface area contributed by atoms with Crippen molar-refractivity contribution in [3.63, 3.8) is 0 Å². The van der Waals surface area contributed by atoms with E-state index in [0.29, 0.717) is 12.8 Å². The lowest BCUT2D eigenvalue weighted by atomic mass is 10.1. The van der Waals surface area contributed by atoms with E-state index in [2.05, 4.69) is 99.8 Å². The molecule has 0 fully saturated rings. The molecule has 0 aromatic rings. The van der Waals surface area contributed by atoms with Gasteiger partial charge < -0.3 is 14.2 Å². The molecule has 1 unspecified atom stereocenters. The molecule has 0 aliphatic carbocycles. The normalized spacial score (nSPS) is 13.4. The number of rotatable bonds is 45. The standard InChI is InChI=1S/C62H94O6/c1-4-7-10-13-16-19-22-25-27-29-31-33-34-37-40-43-46-49-52-55-61(64)67-58-59(57-66-60(63)54-51-48-45-42-39-36-24-21-18-15-12-9-6-3)68-62(65)56-53-50-47-44-41-38-35-32-30-28-26-23-20-17-14-11-8-5-2/h7,9-10,12-13,15-16,18-19,21-35,37,40,59H,4-6,8,11,14,17,20,36,38-39,41-58H2,1-3H3/b10-7+,12-9+,16-13+,18-15+,22-19+,24-21+,26-23+,27-25+,30-28+,31-29+,34-33+,35-32+,40-37+. The molecule has 0 bridgehead atoms. The zero-order valence-electron chi connectivity index (χ0n) is 43.0. The van der Waals surface area contributed by atoms with Crippen molar-refractivity contribution >= 4 is 17.9 Å². The van der Waals surface area contributed by atoms with Crippen LogP contribution >= 0.6 is 0 Å². The number of esters is 3. The summed E-state index contributed by atoms with van der Waals surface area (Å²) >= 11 is 0. The Morgan fingerprint density at radius 1 is 0.309 bits per heavy atom. The van der Waals surface area contributed by atoms with E-state index in [1.165, 1.54) is 32.1 Å². The van der Waals surface area contributed by atoms with Crippen molar-refractivity contribution in [1.82, 2.24) is 0 Å². The number of ether oxygens (including phenoxy) is 3. The van der Waals surface area contributed by atoms with Gasteiger partial charge in [0.25, 0.3) is 0 Å². The van der Waals surface area contributed by atoms with Gasteiger partial charge in [0.05, 0.1) is 0 Å². The number of hydrogen-bond acceptors (Lipinski definition) is 6. The molecule has 0 saturated heterocycles. The van der Waals surface area contributed by atoms with E-state index in [1.54, 1.807) is 0 Å². The van der Waals surface area contributed by atoms with Crippen LogP contribution in [-0.2, 0) is 28.6 Å². The second-order valence-corrected chi connectivity index (χ2v) is 17.0. The quantitative estimate of drug-likeness (QED) is 0.0262. The fourth-order valence-corrected chi connectivity index (χ4v) is 6.60. The molecule has 0 aromatic heterocycles. The molecule has 0 radical (unpaired) electrons. The smallest absolute Gasteiger partial charge is 0.306 e. The van der Waals surface area contributed by atoms with Crippen LogP contribution in [0.15, 0.2) is 158 Å². The molecular weight excluding hydrogens is 841 g/mol. The number of allylic oxidation sites excluding steroid dienone is 26. The van der Waals surface area contributed by atoms with Gasteiger partial charge in [-0.25, -0.2) is 0 Å². The predicted octanol–water partition coefficient (Wildman–Crippen LogP) is 17.8. The van der Waals surface area contributed by atoms with Crippen LogP contribution in [0.25, 0.3) is 0 Å². The Labute approximate surface area is 416 Å². The minimum absolute atomic E-state index is 0.120. The highest BCUT2D eigenvalue weighted by Crippen LogP contribution is 2.12. The number of carbonyl (C=O) groups excluding carboxylic acids is 3. The maximum absolute atomic E-state index is 12.8. The zero-order valence-corrected chi connectivity index (χ0v) is 43.0. The lowest BCUT2D eigenvalue weighted by molar-refractivity contribution is -0.167. The molecule has 6 nitrogen and oxygen atoms in total. The largest absolute Gasteiger partial charge is 0.462 e. The second-order valence-electron chi connectivity index (χ2n) is 17.0. The monoisotopic (exact) mass is 935 g/mol. The highest BCUT2D eigenvalue weighted by molar-refractivity contribution is 5.71. The van der Waals surface area contributed by atoms with E-state index in [-0.39, 0.29) is 44.0 Å². The molecule has 0 rings (SSSR count). The van der Waals surface area contributed by atoms with Crippen LogP contribution in [-0.4, -0.2) is 37.2 Å². The highest BCUT2D eigenvalue weighted by Gasteiger charge is 2.19. The topological polar surface area (TPSA) is 78.9 Å². The molecule has 68 heavy (non-hydrogen) atoms. The summed E-state index contributed by atoms with van der Waals surface area (Å²) in [5.74, 6) is -1.02. The van der Waals surface area contributed by atoms with Crippen molar-refractivity contribution in [1.29, 1.82) is 0 Å². The average molecular weight is 935 g/mol. The third kappa shape index (κ3) is 52.0. The molecule has 0 heterocycles. The summed E-state index contributed by atoms with van der Waals surface area (Å²) in [5, 5.41) is 0. The van der Waals surface area contributed by atoms with Crippen LogP contribution in [0.3, 0.4) is 0 Å². The van der Waals surface area contributed by atoms with Crippen LogP contribution in [0.2, 0.25) is 0 Å². The Morgan fingerprint density at radius 2 is 0.574 bits per heavy atom. The molecule has 0 N–H and O–H groups in total. The predicted molar refractivity (Wildman–Crippen MR) is 292 cm³/mol. The highest BCUT2D eigenvalue weighted by atomic mass is 16.6. The van der Waals surface area contributed by atoms with Gasteiger partial charge in [-0.3, -0.25) is 14.4 Å².